The zero-order valence-electron chi connectivity index (χ0n) is 20.4. The molecule has 0 radical (unpaired) electrons. The van der Waals surface area contributed by atoms with E-state index in [-0.39, 0.29) is 17.4 Å². The summed E-state index contributed by atoms with van der Waals surface area (Å²) in [7, 11) is -3.15. The highest BCUT2D eigenvalue weighted by molar-refractivity contribution is 8.26. The van der Waals surface area contributed by atoms with Crippen molar-refractivity contribution in [2.45, 2.75) is 32.2 Å². The van der Waals surface area contributed by atoms with Crippen LogP contribution in [0.15, 0.2) is 65.7 Å². The molecule has 37 heavy (non-hydrogen) atoms. The lowest BCUT2D eigenvalue weighted by atomic mass is 10.1. The zero-order chi connectivity index (χ0) is 26.0. The van der Waals surface area contributed by atoms with Crippen molar-refractivity contribution in [1.82, 2.24) is 14.7 Å². The smallest absolute Gasteiger partial charge is 0.266 e. The van der Waals surface area contributed by atoms with Crippen LogP contribution in [0.1, 0.15) is 31.7 Å². The minimum absolute atomic E-state index is 0.0469. The summed E-state index contributed by atoms with van der Waals surface area (Å²) in [6.45, 7) is 2.77. The number of rotatable bonds is 8. The third-order valence-electron chi connectivity index (χ3n) is 6.32. The average Bonchev–Trinajstić information content (AvgIpc) is 3.55. The number of benzene rings is 2. The van der Waals surface area contributed by atoms with Gasteiger partial charge >= 0.3 is 0 Å². The second-order valence-electron chi connectivity index (χ2n) is 9.05. The number of amides is 1. The third kappa shape index (κ3) is 5.66. The Balaban J connectivity index is 1.51. The molecule has 1 amide bonds. The molecule has 5 rings (SSSR count). The van der Waals surface area contributed by atoms with Crippen LogP contribution < -0.4 is 4.74 Å². The number of thiocarbonyl (C=S) groups is 1. The van der Waals surface area contributed by atoms with Gasteiger partial charge in [-0.05, 0) is 43.2 Å². The first-order valence-electron chi connectivity index (χ1n) is 12.2. The summed E-state index contributed by atoms with van der Waals surface area (Å²) in [5.41, 5.74) is 3.22. The fourth-order valence-electron chi connectivity index (χ4n) is 4.41. The van der Waals surface area contributed by atoms with Gasteiger partial charge in [-0.2, -0.15) is 5.10 Å². The van der Waals surface area contributed by atoms with Crippen molar-refractivity contribution in [3.8, 4) is 22.7 Å². The van der Waals surface area contributed by atoms with E-state index in [2.05, 4.69) is 6.92 Å². The standard InChI is InChI=1S/C27H27N3O4S3/c1-2-3-13-34-23-11-7-8-19(15-23)25-20(17-29(28-25)21-9-5-4-6-10-21)16-24-26(31)30(27(35)36-24)22-12-14-37(32,33)18-22/h4-11,15-17,22H,2-3,12-14,18H2,1H3/b24-16+/t22-/m1/s1. The highest BCUT2D eigenvalue weighted by Gasteiger charge is 2.42. The van der Waals surface area contributed by atoms with E-state index in [0.29, 0.717) is 27.9 Å². The first-order chi connectivity index (χ1) is 17.8. The van der Waals surface area contributed by atoms with Crippen molar-refractivity contribution in [3.05, 3.63) is 71.3 Å². The maximum atomic E-state index is 13.4. The summed E-state index contributed by atoms with van der Waals surface area (Å²) in [6.07, 6.45) is 6.12. The largest absolute Gasteiger partial charge is 0.494 e. The summed E-state index contributed by atoms with van der Waals surface area (Å²) in [5, 5.41) is 4.86. The number of carbonyl (C=O) groups is 1. The van der Waals surface area contributed by atoms with Crippen LogP contribution in [0.4, 0.5) is 0 Å². The molecule has 2 aromatic carbocycles. The number of unbranched alkanes of at least 4 members (excludes halogenated alkanes) is 1. The summed E-state index contributed by atoms with van der Waals surface area (Å²) in [5.74, 6) is 0.541. The van der Waals surface area contributed by atoms with Gasteiger partial charge in [-0.15, -0.1) is 0 Å². The number of aromatic nitrogens is 2. The summed E-state index contributed by atoms with van der Waals surface area (Å²) >= 11 is 6.69. The molecule has 0 N–H and O–H groups in total. The van der Waals surface area contributed by atoms with Crippen LogP contribution in [-0.4, -0.2) is 57.5 Å². The molecule has 2 fully saturated rings. The predicted molar refractivity (Wildman–Crippen MR) is 151 cm³/mol. The number of carbonyl (C=O) groups excluding carboxylic acids is 1. The van der Waals surface area contributed by atoms with Gasteiger partial charge in [-0.3, -0.25) is 9.69 Å². The van der Waals surface area contributed by atoms with Gasteiger partial charge in [0.2, 0.25) is 0 Å². The first kappa shape index (κ1) is 25.7. The van der Waals surface area contributed by atoms with Crippen LogP contribution in [0, 0.1) is 0 Å². The molecule has 2 saturated heterocycles. The van der Waals surface area contributed by atoms with E-state index >= 15 is 0 Å². The molecule has 0 spiro atoms. The number of thioether (sulfide) groups is 1. The highest BCUT2D eigenvalue weighted by Crippen LogP contribution is 2.38. The molecule has 3 aromatic rings. The summed E-state index contributed by atoms with van der Waals surface area (Å²) < 4.78 is 32.1. The Bertz CT molecular complexity index is 1470. The van der Waals surface area contributed by atoms with Gasteiger partial charge in [0.25, 0.3) is 5.91 Å². The van der Waals surface area contributed by atoms with Gasteiger partial charge in [-0.1, -0.05) is 67.7 Å². The summed E-state index contributed by atoms with van der Waals surface area (Å²) in [4.78, 5) is 15.3. The Morgan fingerprint density at radius 3 is 2.73 bits per heavy atom. The van der Waals surface area contributed by atoms with Crippen molar-refractivity contribution >= 4 is 50.1 Å². The third-order valence-corrected chi connectivity index (χ3v) is 9.40. The Morgan fingerprint density at radius 2 is 2.00 bits per heavy atom. The van der Waals surface area contributed by atoms with Gasteiger partial charge in [0.15, 0.2) is 9.84 Å². The molecule has 10 heteroatoms. The van der Waals surface area contributed by atoms with E-state index in [1.165, 1.54) is 16.7 Å². The molecule has 192 valence electrons. The zero-order valence-corrected chi connectivity index (χ0v) is 22.8. The van der Waals surface area contributed by atoms with Gasteiger partial charge < -0.3 is 4.74 Å². The van der Waals surface area contributed by atoms with Crippen LogP contribution in [0.5, 0.6) is 5.75 Å². The van der Waals surface area contributed by atoms with E-state index in [0.717, 1.165) is 35.4 Å². The minimum Gasteiger partial charge on any atom is -0.494 e. The number of sulfone groups is 1. The molecule has 0 saturated carbocycles. The SMILES string of the molecule is CCCCOc1cccc(-c2nn(-c3ccccc3)cc2/C=C2/SC(=S)N([C@@H]3CCS(=O)(=O)C3)C2=O)c1. The number of ether oxygens (including phenoxy) is 1. The van der Waals surface area contributed by atoms with Crippen molar-refractivity contribution in [2.24, 2.45) is 0 Å². The summed E-state index contributed by atoms with van der Waals surface area (Å²) in [6, 6.07) is 17.1. The fraction of sp³-hybridized carbons (Fsp3) is 0.296. The second-order valence-corrected chi connectivity index (χ2v) is 13.0. The van der Waals surface area contributed by atoms with E-state index in [1.54, 1.807) is 10.8 Å². The van der Waals surface area contributed by atoms with Crippen molar-refractivity contribution in [1.29, 1.82) is 0 Å². The Kier molecular flexibility index (Phi) is 7.50. The second kappa shape index (κ2) is 10.8. The maximum Gasteiger partial charge on any atom is 0.266 e. The Morgan fingerprint density at radius 1 is 1.19 bits per heavy atom. The Labute approximate surface area is 226 Å². The average molecular weight is 554 g/mol. The van der Waals surface area contributed by atoms with E-state index in [1.807, 2.05) is 60.8 Å². The van der Waals surface area contributed by atoms with Crippen LogP contribution >= 0.6 is 24.0 Å². The van der Waals surface area contributed by atoms with Crippen LogP contribution in [0.25, 0.3) is 23.0 Å². The molecular formula is C27H27N3O4S3. The molecular weight excluding hydrogens is 527 g/mol. The number of para-hydroxylation sites is 1. The lowest BCUT2D eigenvalue weighted by Gasteiger charge is -2.20. The Hall–Kier alpha value is -2.95. The van der Waals surface area contributed by atoms with Gasteiger partial charge in [-0.25, -0.2) is 13.1 Å². The maximum absolute atomic E-state index is 13.4. The lowest BCUT2D eigenvalue weighted by molar-refractivity contribution is -0.123. The molecule has 2 aliphatic heterocycles. The lowest BCUT2D eigenvalue weighted by Crippen LogP contribution is -2.39. The number of hydrogen-bond donors (Lipinski definition) is 0. The van der Waals surface area contributed by atoms with Crippen molar-refractivity contribution < 1.29 is 17.9 Å². The topological polar surface area (TPSA) is 81.5 Å². The van der Waals surface area contributed by atoms with E-state index < -0.39 is 15.9 Å². The number of hydrogen-bond acceptors (Lipinski definition) is 7. The van der Waals surface area contributed by atoms with Crippen LogP contribution in [0.2, 0.25) is 0 Å². The molecule has 0 aliphatic carbocycles. The quantitative estimate of drug-likeness (QED) is 0.218. The molecule has 7 nitrogen and oxygen atoms in total. The van der Waals surface area contributed by atoms with Crippen LogP contribution in [0.3, 0.4) is 0 Å². The van der Waals surface area contributed by atoms with Crippen molar-refractivity contribution in [3.63, 3.8) is 0 Å². The minimum atomic E-state index is -3.15. The van der Waals surface area contributed by atoms with Gasteiger partial charge in [0, 0.05) is 17.3 Å². The predicted octanol–water partition coefficient (Wildman–Crippen LogP) is 5.11. The highest BCUT2D eigenvalue weighted by atomic mass is 32.2. The molecule has 0 unspecified atom stereocenters. The fourth-order valence-corrected chi connectivity index (χ4v) is 7.50. The van der Waals surface area contributed by atoms with Crippen molar-refractivity contribution in [2.75, 3.05) is 18.1 Å². The number of nitrogens with zero attached hydrogens (tertiary/aromatic N) is 3. The molecule has 0 bridgehead atoms. The van der Waals surface area contributed by atoms with Crippen LogP contribution in [-0.2, 0) is 14.6 Å². The normalized spacial score (nSPS) is 20.2. The first-order valence-corrected chi connectivity index (χ1v) is 15.2. The monoisotopic (exact) mass is 553 g/mol. The van der Waals surface area contributed by atoms with Gasteiger partial charge in [0.05, 0.1) is 34.7 Å². The van der Waals surface area contributed by atoms with Gasteiger partial charge in [0.1, 0.15) is 15.8 Å². The molecule has 1 aromatic heterocycles. The molecule has 1 atom stereocenters. The van der Waals surface area contributed by atoms with E-state index in [4.69, 9.17) is 22.1 Å². The molecule has 2 aliphatic rings. The van der Waals surface area contributed by atoms with E-state index in [9.17, 15) is 13.2 Å². The molecule has 3 heterocycles.